The molecule has 6 heteroatoms. The van der Waals surface area contributed by atoms with Crippen LogP contribution in [0.5, 0.6) is 0 Å². The van der Waals surface area contributed by atoms with Gasteiger partial charge in [0.15, 0.2) is 17.5 Å². The van der Waals surface area contributed by atoms with Crippen molar-refractivity contribution >= 4 is 71.1 Å². The monoisotopic (exact) mass is 894 g/mol. The van der Waals surface area contributed by atoms with Crippen LogP contribution in [-0.4, -0.2) is 28.7 Å². The summed E-state index contributed by atoms with van der Waals surface area (Å²) < 4.78 is 7.26. The Hall–Kier alpha value is -9.39. The molecule has 0 unspecified atom stereocenters. The summed E-state index contributed by atoms with van der Waals surface area (Å²) in [6.45, 7) is 0. The van der Waals surface area contributed by atoms with E-state index in [-0.39, 0.29) is 0 Å². The van der Waals surface area contributed by atoms with Gasteiger partial charge in [-0.3, -0.25) is 0 Å². The molecule has 4 heterocycles. The molecule has 70 heavy (non-hydrogen) atoms. The maximum atomic E-state index is 5.34. The van der Waals surface area contributed by atoms with E-state index in [0.717, 1.165) is 62.1 Å². The van der Waals surface area contributed by atoms with E-state index < -0.39 is 0 Å². The van der Waals surface area contributed by atoms with Gasteiger partial charge in [-0.2, -0.15) is 0 Å². The fourth-order valence-corrected chi connectivity index (χ4v) is 10.8. The molecular weight excluding hydrogens is 853 g/mol. The quantitative estimate of drug-likeness (QED) is 0.160. The van der Waals surface area contributed by atoms with Crippen molar-refractivity contribution in [3.8, 4) is 56.7 Å². The lowest BCUT2D eigenvalue weighted by atomic mass is 10.0. The molecule has 0 saturated heterocycles. The Labute approximate surface area is 403 Å². The van der Waals surface area contributed by atoms with Gasteiger partial charge >= 0.3 is 0 Å². The zero-order chi connectivity index (χ0) is 46.1. The summed E-state index contributed by atoms with van der Waals surface area (Å²) in [4.78, 5) is 15.8. The van der Waals surface area contributed by atoms with Crippen LogP contribution in [-0.2, 0) is 0 Å². The molecule has 0 fully saturated rings. The average molecular weight is 895 g/mol. The van der Waals surface area contributed by atoms with Gasteiger partial charge in [-0.25, -0.2) is 15.0 Å². The van der Waals surface area contributed by atoms with Crippen molar-refractivity contribution in [3.05, 3.63) is 243 Å². The Bertz CT molecular complexity index is 4210. The maximum Gasteiger partial charge on any atom is 0.166 e. The third kappa shape index (κ3) is 6.31. The van der Waals surface area contributed by atoms with Gasteiger partial charge in [0.1, 0.15) is 0 Å². The van der Waals surface area contributed by atoms with E-state index in [1.165, 1.54) is 54.6 Å². The Morgan fingerprint density at radius 2 is 0.786 bits per heavy atom. The van der Waals surface area contributed by atoms with E-state index in [1.54, 1.807) is 0 Å². The standard InChI is InChI=1S/C64H42N6/c1-2-10-25-46(24-9-1)68-54-31-15-13-28-49(54)52-40-44(36-38-58(52)68)45-37-39-59-53(41-45)50-29-14-16-32-55(50)69(59)60-35-19-30-51(61(60)70-56-33-17-11-26-47(56)48-27-12-18-34-57(48)70)64-66-62(42-20-5-3-6-21-42)65-63(67-64)43-22-7-4-8-23-43/h1-9,11-41H,10H2. The van der Waals surface area contributed by atoms with Gasteiger partial charge in [-0.05, 0) is 84.3 Å². The molecule has 0 saturated carbocycles. The molecule has 0 spiro atoms. The third-order valence-electron chi connectivity index (χ3n) is 13.9. The molecule has 0 atom stereocenters. The highest BCUT2D eigenvalue weighted by molar-refractivity contribution is 6.14. The number of allylic oxidation sites excluding steroid dienone is 6. The average Bonchev–Trinajstić information content (AvgIpc) is 3.96. The molecular formula is C64H42N6. The lowest BCUT2D eigenvalue weighted by Crippen LogP contribution is -2.08. The largest absolute Gasteiger partial charge is 0.310 e. The zero-order valence-corrected chi connectivity index (χ0v) is 38.0. The second-order valence-corrected chi connectivity index (χ2v) is 17.9. The third-order valence-corrected chi connectivity index (χ3v) is 13.9. The Balaban J connectivity index is 1.02. The summed E-state index contributed by atoms with van der Waals surface area (Å²) in [5.41, 5.74) is 15.1. The first-order chi connectivity index (χ1) is 34.7. The summed E-state index contributed by atoms with van der Waals surface area (Å²) in [6.07, 6.45) is 11.9. The number of nitrogens with zero attached hydrogens (tertiary/aromatic N) is 6. The van der Waals surface area contributed by atoms with Crippen molar-refractivity contribution in [1.29, 1.82) is 0 Å². The first kappa shape index (κ1) is 39.7. The molecule has 0 amide bonds. The molecule has 6 nitrogen and oxygen atoms in total. The Morgan fingerprint density at radius 3 is 1.36 bits per heavy atom. The molecule has 14 rings (SSSR count). The van der Waals surface area contributed by atoms with Gasteiger partial charge in [-0.15, -0.1) is 0 Å². The van der Waals surface area contributed by atoms with Crippen LogP contribution >= 0.6 is 0 Å². The van der Waals surface area contributed by atoms with Crippen molar-refractivity contribution in [2.75, 3.05) is 0 Å². The highest BCUT2D eigenvalue weighted by Gasteiger charge is 2.25. The highest BCUT2D eigenvalue weighted by atomic mass is 15.1. The van der Waals surface area contributed by atoms with E-state index in [0.29, 0.717) is 17.5 Å². The summed E-state index contributed by atoms with van der Waals surface area (Å²) in [5.74, 6) is 1.82. The zero-order valence-electron chi connectivity index (χ0n) is 38.0. The van der Waals surface area contributed by atoms with Gasteiger partial charge < -0.3 is 13.7 Å². The smallest absolute Gasteiger partial charge is 0.166 e. The van der Waals surface area contributed by atoms with E-state index in [1.807, 2.05) is 36.4 Å². The molecule has 1 aliphatic rings. The van der Waals surface area contributed by atoms with Gasteiger partial charge in [0.05, 0.1) is 44.5 Å². The first-order valence-corrected chi connectivity index (χ1v) is 23.8. The lowest BCUT2D eigenvalue weighted by Gasteiger charge is -2.20. The van der Waals surface area contributed by atoms with Gasteiger partial charge in [0.2, 0.25) is 0 Å². The molecule has 0 radical (unpaired) electrons. The van der Waals surface area contributed by atoms with Crippen molar-refractivity contribution in [2.45, 2.75) is 6.42 Å². The van der Waals surface area contributed by atoms with Crippen molar-refractivity contribution in [2.24, 2.45) is 0 Å². The summed E-state index contributed by atoms with van der Waals surface area (Å²) in [5, 5.41) is 7.18. The van der Waals surface area contributed by atoms with Crippen LogP contribution in [0.15, 0.2) is 243 Å². The van der Waals surface area contributed by atoms with Crippen molar-refractivity contribution in [1.82, 2.24) is 28.7 Å². The summed E-state index contributed by atoms with van der Waals surface area (Å²) >= 11 is 0. The van der Waals surface area contributed by atoms with Crippen LogP contribution in [0.25, 0.3) is 128 Å². The van der Waals surface area contributed by atoms with Gasteiger partial charge in [0, 0.05) is 54.7 Å². The molecule has 13 aromatic rings. The van der Waals surface area contributed by atoms with Crippen LogP contribution in [0.3, 0.4) is 0 Å². The van der Waals surface area contributed by atoms with Crippen LogP contribution in [0.4, 0.5) is 0 Å². The fraction of sp³-hybridized carbons (Fsp3) is 0.0156. The lowest BCUT2D eigenvalue weighted by molar-refractivity contribution is 1.05. The topological polar surface area (TPSA) is 53.5 Å². The number of benzene rings is 9. The summed E-state index contributed by atoms with van der Waals surface area (Å²) in [7, 11) is 0. The SMILES string of the molecule is C1=CCC=C(n2c3ccccc3c3cc(-c4ccc5c(c4)c4ccccc4n5-c4cccc(-c5nc(-c6ccccc6)nc(-c6ccccc6)n5)c4-n4c5ccccc5c5ccccc54)ccc32)C=C1. The highest BCUT2D eigenvalue weighted by Crippen LogP contribution is 2.43. The minimum atomic E-state index is 0.592. The number of aromatic nitrogens is 6. The van der Waals surface area contributed by atoms with Crippen LogP contribution < -0.4 is 0 Å². The Kier molecular flexibility index (Phi) is 9.17. The molecule has 4 aromatic heterocycles. The summed E-state index contributed by atoms with van der Waals surface area (Å²) in [6, 6.07) is 75.9. The molecule has 328 valence electrons. The van der Waals surface area contributed by atoms with E-state index >= 15 is 0 Å². The minimum Gasteiger partial charge on any atom is -0.310 e. The van der Waals surface area contributed by atoms with E-state index in [9.17, 15) is 0 Å². The number of hydrogen-bond donors (Lipinski definition) is 0. The molecule has 9 aromatic carbocycles. The normalized spacial score (nSPS) is 12.8. The van der Waals surface area contributed by atoms with Crippen LogP contribution in [0, 0.1) is 0 Å². The molecule has 0 aliphatic heterocycles. The minimum absolute atomic E-state index is 0.592. The van der Waals surface area contributed by atoms with Crippen LogP contribution in [0.1, 0.15) is 6.42 Å². The van der Waals surface area contributed by atoms with Crippen LogP contribution in [0.2, 0.25) is 0 Å². The van der Waals surface area contributed by atoms with Gasteiger partial charge in [-0.1, -0.05) is 176 Å². The second kappa shape index (κ2) is 16.1. The second-order valence-electron chi connectivity index (χ2n) is 17.9. The fourth-order valence-electron chi connectivity index (χ4n) is 10.8. The predicted octanol–water partition coefficient (Wildman–Crippen LogP) is 16.2. The van der Waals surface area contributed by atoms with Crippen molar-refractivity contribution in [3.63, 3.8) is 0 Å². The van der Waals surface area contributed by atoms with Crippen molar-refractivity contribution < 1.29 is 0 Å². The predicted molar refractivity (Wildman–Crippen MR) is 290 cm³/mol. The number of hydrogen-bond acceptors (Lipinski definition) is 3. The van der Waals surface area contributed by atoms with E-state index in [4.69, 9.17) is 15.0 Å². The molecule has 1 aliphatic carbocycles. The number of para-hydroxylation sites is 5. The number of rotatable bonds is 7. The van der Waals surface area contributed by atoms with E-state index in [2.05, 4.69) is 220 Å². The van der Waals surface area contributed by atoms with Gasteiger partial charge in [0.25, 0.3) is 0 Å². The first-order valence-electron chi connectivity index (χ1n) is 23.8. The molecule has 0 bridgehead atoms. The molecule has 0 N–H and O–H groups in total. The maximum absolute atomic E-state index is 5.34. The number of fused-ring (bicyclic) bond motifs is 9. The Morgan fingerprint density at radius 1 is 0.329 bits per heavy atom.